The molecule has 2 aromatic rings. The van der Waals surface area contributed by atoms with Crippen LogP contribution in [0.2, 0.25) is 0 Å². The van der Waals surface area contributed by atoms with E-state index in [2.05, 4.69) is 36.5 Å². The van der Waals surface area contributed by atoms with Crippen molar-refractivity contribution in [3.8, 4) is 0 Å². The van der Waals surface area contributed by atoms with Crippen LogP contribution in [0, 0.1) is 0 Å². The Hall–Kier alpha value is -1.58. The minimum atomic E-state index is 0.122. The maximum atomic E-state index is 5.52. The molecular formula is C16H21NO2. The number of methoxy groups -OCH3 is 1. The van der Waals surface area contributed by atoms with Crippen molar-refractivity contribution < 1.29 is 9.15 Å². The predicted molar refractivity (Wildman–Crippen MR) is 76.2 cm³/mol. The molecule has 2 rings (SSSR count). The van der Waals surface area contributed by atoms with Crippen molar-refractivity contribution in [2.24, 2.45) is 0 Å². The second-order valence-electron chi connectivity index (χ2n) is 4.49. The van der Waals surface area contributed by atoms with Gasteiger partial charge < -0.3 is 14.5 Å². The molecule has 0 fully saturated rings. The Bertz CT molecular complexity index is 462. The molecule has 1 unspecified atom stereocenters. The highest BCUT2D eigenvalue weighted by atomic mass is 16.5. The van der Waals surface area contributed by atoms with Gasteiger partial charge in [0.05, 0.1) is 18.9 Å². The van der Waals surface area contributed by atoms with E-state index < -0.39 is 0 Å². The fraction of sp³-hybridized carbons (Fsp3) is 0.375. The largest absolute Gasteiger partial charge is 0.467 e. The van der Waals surface area contributed by atoms with E-state index in [1.165, 1.54) is 11.1 Å². The van der Waals surface area contributed by atoms with Gasteiger partial charge in [0.15, 0.2) is 0 Å². The summed E-state index contributed by atoms with van der Waals surface area (Å²) in [5, 5.41) is 3.45. The molecule has 0 amide bonds. The molecule has 0 aliphatic carbocycles. The fourth-order valence-electron chi connectivity index (χ4n) is 2.14. The average molecular weight is 259 g/mol. The molecule has 3 heteroatoms. The first-order valence-electron chi connectivity index (χ1n) is 6.69. The molecule has 0 aliphatic rings. The molecular weight excluding hydrogens is 238 g/mol. The van der Waals surface area contributed by atoms with Gasteiger partial charge in [0.2, 0.25) is 0 Å². The van der Waals surface area contributed by atoms with Crippen LogP contribution in [0.15, 0.2) is 47.1 Å². The number of hydrogen-bond donors (Lipinski definition) is 1. The van der Waals surface area contributed by atoms with E-state index in [0.29, 0.717) is 0 Å². The molecule has 1 heterocycles. The minimum Gasteiger partial charge on any atom is -0.467 e. The zero-order valence-electron chi connectivity index (χ0n) is 11.6. The Labute approximate surface area is 114 Å². The van der Waals surface area contributed by atoms with Gasteiger partial charge in [0, 0.05) is 7.11 Å². The predicted octanol–water partition coefficient (Wildman–Crippen LogP) is 3.17. The van der Waals surface area contributed by atoms with Crippen molar-refractivity contribution >= 4 is 0 Å². The SMILES string of the molecule is CCNC(c1ccc(CCOC)cc1)c1ccco1. The zero-order chi connectivity index (χ0) is 13.5. The lowest BCUT2D eigenvalue weighted by atomic mass is 10.0. The van der Waals surface area contributed by atoms with E-state index in [0.717, 1.165) is 25.3 Å². The quantitative estimate of drug-likeness (QED) is 0.829. The van der Waals surface area contributed by atoms with Crippen LogP contribution in [0.1, 0.15) is 29.9 Å². The molecule has 102 valence electrons. The monoisotopic (exact) mass is 259 g/mol. The highest BCUT2D eigenvalue weighted by molar-refractivity contribution is 5.30. The Morgan fingerprint density at radius 1 is 1.21 bits per heavy atom. The van der Waals surface area contributed by atoms with Crippen molar-refractivity contribution in [3.63, 3.8) is 0 Å². The number of ether oxygens (including phenoxy) is 1. The lowest BCUT2D eigenvalue weighted by molar-refractivity contribution is 0.202. The number of benzene rings is 1. The van der Waals surface area contributed by atoms with E-state index in [1.54, 1.807) is 13.4 Å². The Kier molecular flexibility index (Phi) is 5.19. The minimum absolute atomic E-state index is 0.122. The molecule has 0 radical (unpaired) electrons. The molecule has 19 heavy (non-hydrogen) atoms. The molecule has 0 saturated heterocycles. The topological polar surface area (TPSA) is 34.4 Å². The average Bonchev–Trinajstić information content (AvgIpc) is 2.97. The number of furan rings is 1. The van der Waals surface area contributed by atoms with Gasteiger partial charge in [-0.2, -0.15) is 0 Å². The van der Waals surface area contributed by atoms with E-state index in [9.17, 15) is 0 Å². The maximum Gasteiger partial charge on any atom is 0.125 e. The van der Waals surface area contributed by atoms with Gasteiger partial charge in [-0.15, -0.1) is 0 Å². The normalized spacial score (nSPS) is 12.5. The van der Waals surface area contributed by atoms with Gasteiger partial charge in [-0.3, -0.25) is 0 Å². The second kappa shape index (κ2) is 7.12. The van der Waals surface area contributed by atoms with E-state index in [1.807, 2.05) is 12.1 Å². The Morgan fingerprint density at radius 2 is 2.00 bits per heavy atom. The fourth-order valence-corrected chi connectivity index (χ4v) is 2.14. The summed E-state index contributed by atoms with van der Waals surface area (Å²) in [6.07, 6.45) is 2.66. The lowest BCUT2D eigenvalue weighted by Crippen LogP contribution is -2.21. The molecule has 1 atom stereocenters. The molecule has 1 aromatic carbocycles. The third kappa shape index (κ3) is 3.69. The summed E-state index contributed by atoms with van der Waals surface area (Å²) in [5.74, 6) is 0.950. The summed E-state index contributed by atoms with van der Waals surface area (Å²) in [5.41, 5.74) is 2.51. The maximum absolute atomic E-state index is 5.52. The Morgan fingerprint density at radius 3 is 2.58 bits per heavy atom. The number of hydrogen-bond acceptors (Lipinski definition) is 3. The van der Waals surface area contributed by atoms with Crippen LogP contribution in [0.5, 0.6) is 0 Å². The second-order valence-corrected chi connectivity index (χ2v) is 4.49. The van der Waals surface area contributed by atoms with Crippen LogP contribution in [-0.2, 0) is 11.2 Å². The van der Waals surface area contributed by atoms with Crippen LogP contribution >= 0.6 is 0 Å². The van der Waals surface area contributed by atoms with Gasteiger partial charge >= 0.3 is 0 Å². The molecule has 1 aromatic heterocycles. The smallest absolute Gasteiger partial charge is 0.125 e. The first-order valence-corrected chi connectivity index (χ1v) is 6.69. The number of nitrogens with one attached hydrogen (secondary N) is 1. The van der Waals surface area contributed by atoms with Gasteiger partial charge in [-0.1, -0.05) is 31.2 Å². The molecule has 1 N–H and O–H groups in total. The van der Waals surface area contributed by atoms with Crippen molar-refractivity contribution in [1.82, 2.24) is 5.32 Å². The summed E-state index contributed by atoms with van der Waals surface area (Å²) in [6.45, 7) is 3.76. The van der Waals surface area contributed by atoms with Crippen molar-refractivity contribution in [3.05, 3.63) is 59.5 Å². The molecule has 0 aliphatic heterocycles. The molecule has 0 spiro atoms. The van der Waals surface area contributed by atoms with Gasteiger partial charge in [-0.25, -0.2) is 0 Å². The van der Waals surface area contributed by atoms with E-state index in [-0.39, 0.29) is 6.04 Å². The summed E-state index contributed by atoms with van der Waals surface area (Å²) in [6, 6.07) is 12.7. The molecule has 3 nitrogen and oxygen atoms in total. The van der Waals surface area contributed by atoms with Crippen LogP contribution in [-0.4, -0.2) is 20.3 Å². The van der Waals surface area contributed by atoms with Gasteiger partial charge in [-0.05, 0) is 36.2 Å². The summed E-state index contributed by atoms with van der Waals surface area (Å²) >= 11 is 0. The summed E-state index contributed by atoms with van der Waals surface area (Å²) < 4.78 is 10.6. The third-order valence-corrected chi connectivity index (χ3v) is 3.14. The molecule has 0 bridgehead atoms. The van der Waals surface area contributed by atoms with Gasteiger partial charge in [0.25, 0.3) is 0 Å². The van der Waals surface area contributed by atoms with Crippen LogP contribution < -0.4 is 5.32 Å². The highest BCUT2D eigenvalue weighted by Gasteiger charge is 2.15. The van der Waals surface area contributed by atoms with Crippen molar-refractivity contribution in [1.29, 1.82) is 0 Å². The Balaban J connectivity index is 2.13. The van der Waals surface area contributed by atoms with Crippen LogP contribution in [0.25, 0.3) is 0 Å². The van der Waals surface area contributed by atoms with E-state index >= 15 is 0 Å². The van der Waals surface area contributed by atoms with Crippen molar-refractivity contribution in [2.45, 2.75) is 19.4 Å². The van der Waals surface area contributed by atoms with Crippen LogP contribution in [0.3, 0.4) is 0 Å². The summed E-state index contributed by atoms with van der Waals surface area (Å²) in [4.78, 5) is 0. The zero-order valence-corrected chi connectivity index (χ0v) is 11.6. The highest BCUT2D eigenvalue weighted by Crippen LogP contribution is 2.22. The first kappa shape index (κ1) is 13.8. The third-order valence-electron chi connectivity index (χ3n) is 3.14. The summed E-state index contributed by atoms with van der Waals surface area (Å²) in [7, 11) is 1.73. The standard InChI is InChI=1S/C16H21NO2/c1-3-17-16(15-5-4-11-19-15)14-8-6-13(7-9-14)10-12-18-2/h4-9,11,16-17H,3,10,12H2,1-2H3. The van der Waals surface area contributed by atoms with Gasteiger partial charge in [0.1, 0.15) is 5.76 Å². The first-order chi connectivity index (χ1) is 9.35. The lowest BCUT2D eigenvalue weighted by Gasteiger charge is -2.16. The molecule has 0 saturated carbocycles. The van der Waals surface area contributed by atoms with Crippen LogP contribution in [0.4, 0.5) is 0 Å². The van der Waals surface area contributed by atoms with E-state index in [4.69, 9.17) is 9.15 Å². The number of rotatable bonds is 7. The van der Waals surface area contributed by atoms with Crippen molar-refractivity contribution in [2.75, 3.05) is 20.3 Å².